The van der Waals surface area contributed by atoms with E-state index in [0.717, 1.165) is 19.3 Å². The Labute approximate surface area is 85.1 Å². The highest BCUT2D eigenvalue weighted by molar-refractivity contribution is 6.14. The molecule has 78 valence electrons. The van der Waals surface area contributed by atoms with Crippen molar-refractivity contribution < 1.29 is 9.59 Å². The molecule has 0 bridgehead atoms. The molecule has 0 aromatic rings. The first-order chi connectivity index (χ1) is 6.56. The van der Waals surface area contributed by atoms with E-state index in [2.05, 4.69) is 6.92 Å². The highest BCUT2D eigenvalue weighted by Crippen LogP contribution is 2.47. The monoisotopic (exact) mass is 194 g/mol. The van der Waals surface area contributed by atoms with Crippen molar-refractivity contribution >= 4 is 11.6 Å². The maximum absolute atomic E-state index is 12.0. The van der Waals surface area contributed by atoms with Gasteiger partial charge in [-0.2, -0.15) is 0 Å². The van der Waals surface area contributed by atoms with Gasteiger partial charge in [0.05, 0.1) is 5.41 Å². The standard InChI is InChI=1S/C12H18O2/c1-8-4-3-5-12(7-8)10(13)6-9(2)11(12)14/h8-9H,3-7H2,1-2H3/t8-,9+,12+/m0/s1. The third kappa shape index (κ3) is 1.23. The van der Waals surface area contributed by atoms with Gasteiger partial charge in [0, 0.05) is 12.3 Å². The first-order valence-corrected chi connectivity index (χ1v) is 5.64. The van der Waals surface area contributed by atoms with Gasteiger partial charge in [0.2, 0.25) is 0 Å². The Balaban J connectivity index is 2.29. The van der Waals surface area contributed by atoms with Gasteiger partial charge in [-0.1, -0.05) is 26.7 Å². The number of Topliss-reactive ketones (excluding diaryl/α,β-unsaturated/α-hetero) is 2. The van der Waals surface area contributed by atoms with Crippen LogP contribution in [0, 0.1) is 17.3 Å². The van der Waals surface area contributed by atoms with Crippen molar-refractivity contribution in [2.24, 2.45) is 17.3 Å². The van der Waals surface area contributed by atoms with Gasteiger partial charge in [-0.25, -0.2) is 0 Å². The van der Waals surface area contributed by atoms with E-state index in [1.54, 1.807) is 0 Å². The predicted molar refractivity (Wildman–Crippen MR) is 53.9 cm³/mol. The molecule has 2 fully saturated rings. The minimum Gasteiger partial charge on any atom is -0.299 e. The van der Waals surface area contributed by atoms with Crippen LogP contribution in [0.1, 0.15) is 46.0 Å². The summed E-state index contributed by atoms with van der Waals surface area (Å²) in [5, 5.41) is 0. The van der Waals surface area contributed by atoms with E-state index >= 15 is 0 Å². The van der Waals surface area contributed by atoms with Gasteiger partial charge in [-0.15, -0.1) is 0 Å². The molecule has 0 N–H and O–H groups in total. The van der Waals surface area contributed by atoms with Crippen molar-refractivity contribution in [3.63, 3.8) is 0 Å². The highest BCUT2D eigenvalue weighted by atomic mass is 16.2. The van der Waals surface area contributed by atoms with Gasteiger partial charge in [0.1, 0.15) is 11.6 Å². The Bertz CT molecular complexity index is 282. The lowest BCUT2D eigenvalue weighted by molar-refractivity contribution is -0.138. The largest absolute Gasteiger partial charge is 0.299 e. The van der Waals surface area contributed by atoms with Crippen LogP contribution in [-0.2, 0) is 9.59 Å². The molecule has 0 saturated heterocycles. The molecule has 0 aromatic carbocycles. The Morgan fingerprint density at radius 1 is 1.29 bits per heavy atom. The van der Waals surface area contributed by atoms with Crippen LogP contribution in [0.15, 0.2) is 0 Å². The molecule has 14 heavy (non-hydrogen) atoms. The summed E-state index contributed by atoms with van der Waals surface area (Å²) in [6.45, 7) is 4.05. The Hall–Kier alpha value is -0.660. The minimum atomic E-state index is -0.545. The van der Waals surface area contributed by atoms with Gasteiger partial charge >= 0.3 is 0 Å². The van der Waals surface area contributed by atoms with Crippen LogP contribution in [0.3, 0.4) is 0 Å². The van der Waals surface area contributed by atoms with Gasteiger partial charge in [-0.05, 0) is 18.8 Å². The zero-order valence-corrected chi connectivity index (χ0v) is 9.01. The van der Waals surface area contributed by atoms with E-state index in [-0.39, 0.29) is 17.5 Å². The van der Waals surface area contributed by atoms with Crippen molar-refractivity contribution in [2.45, 2.75) is 46.0 Å². The average molecular weight is 194 g/mol. The fourth-order valence-electron chi connectivity index (χ4n) is 3.20. The Morgan fingerprint density at radius 3 is 2.50 bits per heavy atom. The molecule has 3 atom stereocenters. The fourth-order valence-corrected chi connectivity index (χ4v) is 3.20. The molecule has 2 aliphatic carbocycles. The van der Waals surface area contributed by atoms with Gasteiger partial charge in [0.15, 0.2) is 0 Å². The van der Waals surface area contributed by atoms with Gasteiger partial charge in [-0.3, -0.25) is 9.59 Å². The zero-order chi connectivity index (χ0) is 10.3. The molecule has 2 saturated carbocycles. The molecule has 0 unspecified atom stereocenters. The van der Waals surface area contributed by atoms with Gasteiger partial charge in [0.25, 0.3) is 0 Å². The number of hydrogen-bond acceptors (Lipinski definition) is 2. The third-order valence-electron chi connectivity index (χ3n) is 3.94. The van der Waals surface area contributed by atoms with Crippen LogP contribution in [0.4, 0.5) is 0 Å². The number of rotatable bonds is 0. The van der Waals surface area contributed by atoms with E-state index < -0.39 is 5.41 Å². The third-order valence-corrected chi connectivity index (χ3v) is 3.94. The van der Waals surface area contributed by atoms with E-state index in [1.165, 1.54) is 6.42 Å². The lowest BCUT2D eigenvalue weighted by Crippen LogP contribution is -2.38. The number of ketones is 2. The molecular formula is C12H18O2. The van der Waals surface area contributed by atoms with Crippen LogP contribution < -0.4 is 0 Å². The second kappa shape index (κ2) is 3.18. The summed E-state index contributed by atoms with van der Waals surface area (Å²) in [5.41, 5.74) is -0.545. The second-order valence-electron chi connectivity index (χ2n) is 5.18. The summed E-state index contributed by atoms with van der Waals surface area (Å²) in [6.07, 6.45) is 4.35. The predicted octanol–water partition coefficient (Wildman–Crippen LogP) is 2.36. The molecule has 0 amide bonds. The minimum absolute atomic E-state index is 0.0206. The summed E-state index contributed by atoms with van der Waals surface area (Å²) in [7, 11) is 0. The molecule has 0 aromatic heterocycles. The van der Waals surface area contributed by atoms with Crippen molar-refractivity contribution in [2.75, 3.05) is 0 Å². The zero-order valence-electron chi connectivity index (χ0n) is 9.01. The summed E-state index contributed by atoms with van der Waals surface area (Å²) in [5.74, 6) is 0.977. The molecule has 0 aliphatic heterocycles. The smallest absolute Gasteiger partial charge is 0.149 e. The van der Waals surface area contributed by atoms with Crippen molar-refractivity contribution in [1.82, 2.24) is 0 Å². The molecular weight excluding hydrogens is 176 g/mol. The SMILES string of the molecule is C[C@H]1CCC[C@@]2(C1)C(=O)C[C@@H](C)C2=O. The quantitative estimate of drug-likeness (QED) is 0.555. The van der Waals surface area contributed by atoms with Crippen molar-refractivity contribution in [3.05, 3.63) is 0 Å². The molecule has 1 spiro atoms. The first-order valence-electron chi connectivity index (χ1n) is 5.64. The van der Waals surface area contributed by atoms with E-state index in [9.17, 15) is 9.59 Å². The maximum Gasteiger partial charge on any atom is 0.149 e. The molecule has 2 nitrogen and oxygen atoms in total. The Morgan fingerprint density at radius 2 is 2.00 bits per heavy atom. The molecule has 2 heteroatoms. The number of carbonyl (C=O) groups is 2. The lowest BCUT2D eigenvalue weighted by Gasteiger charge is -2.34. The highest BCUT2D eigenvalue weighted by Gasteiger charge is 2.53. The average Bonchev–Trinajstić information content (AvgIpc) is 2.32. The summed E-state index contributed by atoms with van der Waals surface area (Å²) < 4.78 is 0. The van der Waals surface area contributed by atoms with Crippen molar-refractivity contribution in [3.8, 4) is 0 Å². The topological polar surface area (TPSA) is 34.1 Å². The molecule has 2 rings (SSSR count). The summed E-state index contributed by atoms with van der Waals surface area (Å²) in [4.78, 5) is 23.9. The normalized spacial score (nSPS) is 43.6. The van der Waals surface area contributed by atoms with Crippen LogP contribution in [0.5, 0.6) is 0 Å². The number of carbonyl (C=O) groups excluding carboxylic acids is 2. The fraction of sp³-hybridized carbons (Fsp3) is 0.833. The molecule has 0 heterocycles. The number of hydrogen-bond donors (Lipinski definition) is 0. The molecule has 0 radical (unpaired) electrons. The Kier molecular flexibility index (Phi) is 2.24. The molecule has 2 aliphatic rings. The summed E-state index contributed by atoms with van der Waals surface area (Å²) in [6, 6.07) is 0. The lowest BCUT2D eigenvalue weighted by atomic mass is 9.67. The van der Waals surface area contributed by atoms with Crippen LogP contribution in [-0.4, -0.2) is 11.6 Å². The first kappa shape index (κ1) is 9.88. The van der Waals surface area contributed by atoms with Crippen LogP contribution >= 0.6 is 0 Å². The van der Waals surface area contributed by atoms with Gasteiger partial charge < -0.3 is 0 Å². The van der Waals surface area contributed by atoms with E-state index in [0.29, 0.717) is 12.3 Å². The van der Waals surface area contributed by atoms with E-state index in [1.807, 2.05) is 6.92 Å². The van der Waals surface area contributed by atoms with Crippen molar-refractivity contribution in [1.29, 1.82) is 0 Å². The summed E-state index contributed by atoms with van der Waals surface area (Å²) >= 11 is 0. The van der Waals surface area contributed by atoms with Crippen LogP contribution in [0.2, 0.25) is 0 Å². The van der Waals surface area contributed by atoms with E-state index in [4.69, 9.17) is 0 Å². The van der Waals surface area contributed by atoms with Crippen LogP contribution in [0.25, 0.3) is 0 Å². The second-order valence-corrected chi connectivity index (χ2v) is 5.18. The maximum atomic E-state index is 12.0.